The zero-order valence-corrected chi connectivity index (χ0v) is 13.3. The number of hydrogen-bond donors (Lipinski definition) is 1. The number of rotatable bonds is 7. The number of carboxylic acids is 1. The molecule has 0 aliphatic carbocycles. The maximum Gasteiger partial charge on any atom is 0.311 e. The summed E-state index contributed by atoms with van der Waals surface area (Å²) in [7, 11) is 2.97. The first-order valence-corrected chi connectivity index (χ1v) is 7.14. The monoisotopic (exact) mass is 331 g/mol. The smallest absolute Gasteiger partial charge is 0.311 e. The van der Waals surface area contributed by atoms with Crippen molar-refractivity contribution in [3.63, 3.8) is 0 Å². The zero-order valence-electron chi connectivity index (χ0n) is 13.3. The van der Waals surface area contributed by atoms with E-state index in [0.29, 0.717) is 22.6 Å². The molecule has 24 heavy (non-hydrogen) atoms. The summed E-state index contributed by atoms with van der Waals surface area (Å²) >= 11 is 0. The molecule has 1 N–H and O–H groups in total. The van der Waals surface area contributed by atoms with Crippen molar-refractivity contribution in [2.45, 2.75) is 12.3 Å². The van der Waals surface area contributed by atoms with E-state index in [1.54, 1.807) is 30.3 Å². The van der Waals surface area contributed by atoms with Gasteiger partial charge in [-0.05, 0) is 30.2 Å². The Balaban J connectivity index is 2.36. The number of non-ortho nitro benzene ring substituents is 1. The normalized spacial score (nSPS) is 11.6. The van der Waals surface area contributed by atoms with Crippen LogP contribution >= 0.6 is 0 Å². The third-order valence-electron chi connectivity index (χ3n) is 3.70. The molecule has 2 aromatic rings. The maximum atomic E-state index is 11.7. The van der Waals surface area contributed by atoms with Crippen molar-refractivity contribution in [2.24, 2.45) is 0 Å². The predicted octanol–water partition coefficient (Wildman–Crippen LogP) is 3.02. The number of ether oxygens (including phenoxy) is 2. The molecule has 0 saturated heterocycles. The number of aliphatic carboxylic acids is 1. The van der Waals surface area contributed by atoms with E-state index in [4.69, 9.17) is 9.47 Å². The molecule has 2 rings (SSSR count). The lowest BCUT2D eigenvalue weighted by Gasteiger charge is -2.17. The van der Waals surface area contributed by atoms with Crippen LogP contribution < -0.4 is 9.47 Å². The van der Waals surface area contributed by atoms with Gasteiger partial charge in [0, 0.05) is 17.7 Å². The van der Waals surface area contributed by atoms with Crippen molar-refractivity contribution in [2.75, 3.05) is 14.2 Å². The van der Waals surface area contributed by atoms with Crippen molar-refractivity contribution < 1.29 is 24.3 Å². The highest BCUT2D eigenvalue weighted by Crippen LogP contribution is 2.33. The first-order chi connectivity index (χ1) is 11.5. The Bertz CT molecular complexity index is 741. The molecule has 1 atom stereocenters. The largest absolute Gasteiger partial charge is 0.497 e. The second-order valence-corrected chi connectivity index (χ2v) is 5.13. The molecule has 7 nitrogen and oxygen atoms in total. The number of nitro benzene ring substituents is 1. The number of methoxy groups -OCH3 is 2. The molecule has 0 spiro atoms. The zero-order chi connectivity index (χ0) is 17.7. The molecular formula is C17H17NO6. The lowest BCUT2D eigenvalue weighted by molar-refractivity contribution is -0.384. The van der Waals surface area contributed by atoms with Gasteiger partial charge in [0.25, 0.3) is 5.69 Å². The van der Waals surface area contributed by atoms with Crippen molar-refractivity contribution in [3.8, 4) is 11.5 Å². The van der Waals surface area contributed by atoms with Crippen LogP contribution in [0, 0.1) is 10.1 Å². The predicted molar refractivity (Wildman–Crippen MR) is 86.7 cm³/mol. The Labute approximate surface area is 138 Å². The summed E-state index contributed by atoms with van der Waals surface area (Å²) in [6, 6.07) is 10.8. The molecule has 0 aliphatic rings. The Hall–Kier alpha value is -3.09. The molecule has 0 fully saturated rings. The number of nitrogens with zero attached hydrogens (tertiary/aromatic N) is 1. The average molecular weight is 331 g/mol. The van der Waals surface area contributed by atoms with Gasteiger partial charge in [0.1, 0.15) is 11.5 Å². The van der Waals surface area contributed by atoms with Crippen LogP contribution in [0.2, 0.25) is 0 Å². The third kappa shape index (κ3) is 3.81. The molecule has 0 bridgehead atoms. The molecule has 7 heteroatoms. The quantitative estimate of drug-likeness (QED) is 0.618. The van der Waals surface area contributed by atoms with E-state index < -0.39 is 16.8 Å². The Morgan fingerprint density at radius 2 is 1.83 bits per heavy atom. The molecule has 126 valence electrons. The van der Waals surface area contributed by atoms with Gasteiger partial charge in [0.2, 0.25) is 0 Å². The summed E-state index contributed by atoms with van der Waals surface area (Å²) in [5, 5.41) is 20.3. The molecule has 0 saturated carbocycles. The minimum atomic E-state index is -1.01. The van der Waals surface area contributed by atoms with Gasteiger partial charge in [0.15, 0.2) is 0 Å². The van der Waals surface area contributed by atoms with Crippen LogP contribution in [0.3, 0.4) is 0 Å². The molecule has 0 aromatic heterocycles. The highest BCUT2D eigenvalue weighted by molar-refractivity contribution is 5.78. The minimum absolute atomic E-state index is 0.0374. The summed E-state index contributed by atoms with van der Waals surface area (Å²) in [6.45, 7) is 0. The van der Waals surface area contributed by atoms with Crippen LogP contribution in [0.1, 0.15) is 17.0 Å². The highest BCUT2D eigenvalue weighted by atomic mass is 16.6. The lowest BCUT2D eigenvalue weighted by atomic mass is 9.91. The first kappa shape index (κ1) is 17.3. The second-order valence-electron chi connectivity index (χ2n) is 5.13. The van der Waals surface area contributed by atoms with Crippen molar-refractivity contribution in [1.29, 1.82) is 0 Å². The average Bonchev–Trinajstić information content (AvgIpc) is 2.59. The number of hydrogen-bond acceptors (Lipinski definition) is 5. The van der Waals surface area contributed by atoms with Gasteiger partial charge in [-0.1, -0.05) is 12.1 Å². The number of nitro groups is 1. The van der Waals surface area contributed by atoms with Gasteiger partial charge in [-0.15, -0.1) is 0 Å². The molecular weight excluding hydrogens is 314 g/mol. The maximum absolute atomic E-state index is 11.7. The fourth-order valence-electron chi connectivity index (χ4n) is 2.43. The van der Waals surface area contributed by atoms with Gasteiger partial charge in [0.05, 0.1) is 25.1 Å². The number of carbonyl (C=O) groups is 1. The Morgan fingerprint density at radius 3 is 2.33 bits per heavy atom. The van der Waals surface area contributed by atoms with Gasteiger partial charge >= 0.3 is 5.97 Å². The van der Waals surface area contributed by atoms with Crippen LogP contribution in [-0.2, 0) is 11.2 Å². The van der Waals surface area contributed by atoms with Crippen molar-refractivity contribution >= 4 is 11.7 Å². The van der Waals surface area contributed by atoms with Crippen LogP contribution in [0.5, 0.6) is 11.5 Å². The van der Waals surface area contributed by atoms with E-state index in [0.717, 1.165) is 0 Å². The Morgan fingerprint density at radius 1 is 1.17 bits per heavy atom. The summed E-state index contributed by atoms with van der Waals surface area (Å²) < 4.78 is 10.4. The standard InChI is InChI=1S/C17H17NO6/c1-23-13-7-8-16(24-2)14(10-13)15(17(19)20)9-11-3-5-12(6-4-11)18(21)22/h3-8,10,15H,9H2,1-2H3,(H,19,20). The molecule has 1 unspecified atom stereocenters. The van der Waals surface area contributed by atoms with Crippen molar-refractivity contribution in [3.05, 3.63) is 63.7 Å². The number of benzene rings is 2. The van der Waals surface area contributed by atoms with E-state index in [1.807, 2.05) is 0 Å². The topological polar surface area (TPSA) is 98.9 Å². The summed E-state index contributed by atoms with van der Waals surface area (Å²) in [6.07, 6.45) is 0.177. The fourth-order valence-corrected chi connectivity index (χ4v) is 2.43. The van der Waals surface area contributed by atoms with Crippen LogP contribution in [0.15, 0.2) is 42.5 Å². The minimum Gasteiger partial charge on any atom is -0.497 e. The molecule has 0 radical (unpaired) electrons. The first-order valence-electron chi connectivity index (χ1n) is 7.14. The van der Waals surface area contributed by atoms with Gasteiger partial charge in [-0.25, -0.2) is 0 Å². The molecule has 2 aromatic carbocycles. The van der Waals surface area contributed by atoms with E-state index in [1.165, 1.54) is 26.4 Å². The summed E-state index contributed by atoms with van der Waals surface area (Å²) in [5.74, 6) is -0.901. The molecule has 0 amide bonds. The SMILES string of the molecule is COc1ccc(OC)c(C(Cc2ccc([N+](=O)[O-])cc2)C(=O)O)c1. The molecule has 0 heterocycles. The fraction of sp³-hybridized carbons (Fsp3) is 0.235. The van der Waals surface area contributed by atoms with Crippen LogP contribution in [-0.4, -0.2) is 30.2 Å². The summed E-state index contributed by atoms with van der Waals surface area (Å²) in [5.41, 5.74) is 1.13. The van der Waals surface area contributed by atoms with E-state index in [2.05, 4.69) is 0 Å². The highest BCUT2D eigenvalue weighted by Gasteiger charge is 2.25. The van der Waals surface area contributed by atoms with E-state index >= 15 is 0 Å². The van der Waals surface area contributed by atoms with E-state index in [-0.39, 0.29) is 12.1 Å². The number of carboxylic acid groups (broad SMARTS) is 1. The van der Waals surface area contributed by atoms with Gasteiger partial charge in [-0.3, -0.25) is 14.9 Å². The van der Waals surface area contributed by atoms with Gasteiger partial charge < -0.3 is 14.6 Å². The Kier molecular flexibility index (Phi) is 5.36. The summed E-state index contributed by atoms with van der Waals surface area (Å²) in [4.78, 5) is 21.9. The third-order valence-corrected chi connectivity index (χ3v) is 3.70. The van der Waals surface area contributed by atoms with Crippen molar-refractivity contribution in [1.82, 2.24) is 0 Å². The van der Waals surface area contributed by atoms with Crippen LogP contribution in [0.4, 0.5) is 5.69 Å². The van der Waals surface area contributed by atoms with Crippen LogP contribution in [0.25, 0.3) is 0 Å². The second kappa shape index (κ2) is 7.45. The van der Waals surface area contributed by atoms with E-state index in [9.17, 15) is 20.0 Å². The lowest BCUT2D eigenvalue weighted by Crippen LogP contribution is -2.15. The molecule has 0 aliphatic heterocycles. The van der Waals surface area contributed by atoms with Gasteiger partial charge in [-0.2, -0.15) is 0 Å².